The van der Waals surface area contributed by atoms with E-state index in [2.05, 4.69) is 5.32 Å². The normalized spacial score (nSPS) is 17.8. The van der Waals surface area contributed by atoms with Gasteiger partial charge in [0.05, 0.1) is 12.5 Å². The van der Waals surface area contributed by atoms with Crippen LogP contribution < -0.4 is 16.8 Å². The van der Waals surface area contributed by atoms with Crippen molar-refractivity contribution in [1.29, 1.82) is 0 Å². The number of fused-ring (bicyclic) bond motifs is 1. The van der Waals surface area contributed by atoms with Gasteiger partial charge in [0, 0.05) is 11.9 Å². The van der Waals surface area contributed by atoms with Crippen molar-refractivity contribution in [1.82, 2.24) is 10.2 Å². The van der Waals surface area contributed by atoms with Crippen LogP contribution in [-0.4, -0.2) is 75.4 Å². The number of carbonyl (C=O) groups is 5. The number of ketones is 1. The molecule has 4 rings (SSSR count). The molecule has 0 bridgehead atoms. The van der Waals surface area contributed by atoms with Crippen LogP contribution in [0, 0.1) is 0 Å². The third-order valence-corrected chi connectivity index (χ3v) is 7.38. The molecule has 2 aromatic carbocycles. The number of nitrogens with zero attached hydrogens (tertiary/aromatic N) is 1. The summed E-state index contributed by atoms with van der Waals surface area (Å²) in [6.07, 6.45) is -1.91. The number of likely N-dealkylation sites (tertiary alicyclic amines) is 1. The number of aliphatic hydroxyl groups excluding tert-OH is 1. The molecule has 1 aliphatic heterocycles. The van der Waals surface area contributed by atoms with Crippen LogP contribution in [0.5, 0.6) is 0 Å². The molecule has 0 aliphatic carbocycles. The largest absolute Gasteiger partial charge is 0.458 e. The number of benzene rings is 2. The van der Waals surface area contributed by atoms with E-state index in [0.717, 1.165) is 0 Å². The molecule has 1 unspecified atom stereocenters. The number of para-hydroxylation sites is 1. The molecule has 6 N–H and O–H groups in total. The Morgan fingerprint density at radius 2 is 1.73 bits per heavy atom. The molecule has 0 radical (unpaired) electrons. The zero-order chi connectivity index (χ0) is 32.2. The third kappa shape index (κ3) is 7.32. The fraction of sp³-hybridized carbons (Fsp3) is 0.406. The number of amides is 3. The van der Waals surface area contributed by atoms with E-state index in [0.29, 0.717) is 29.4 Å². The predicted octanol–water partition coefficient (Wildman–Crippen LogP) is 1.61. The maximum Gasteiger partial charge on any atom is 0.329 e. The fourth-order valence-electron chi connectivity index (χ4n) is 5.25. The summed E-state index contributed by atoms with van der Waals surface area (Å²) in [7, 11) is 0. The van der Waals surface area contributed by atoms with Crippen molar-refractivity contribution in [3.05, 3.63) is 72.0 Å². The van der Waals surface area contributed by atoms with Crippen LogP contribution in [0.4, 0.5) is 0 Å². The first-order valence-corrected chi connectivity index (χ1v) is 14.4. The lowest BCUT2D eigenvalue weighted by Gasteiger charge is -2.33. The van der Waals surface area contributed by atoms with Crippen molar-refractivity contribution < 1.29 is 38.2 Å². The SMILES string of the molecule is CC(C)(C)OC(=O)[C@@H]1CCCN1C(=O)C(O)[C@H](Cc1ccccc1)NC(=O)[C@@](N)(CC(N)=O)C(=O)c1cc2ccccc2o1. The number of nitrogens with two attached hydrogens (primary N) is 2. The maximum absolute atomic E-state index is 13.8. The minimum Gasteiger partial charge on any atom is -0.458 e. The van der Waals surface area contributed by atoms with Crippen LogP contribution in [0.1, 0.15) is 56.2 Å². The molecule has 12 heteroatoms. The average Bonchev–Trinajstić information content (AvgIpc) is 3.62. The highest BCUT2D eigenvalue weighted by Gasteiger charge is 2.48. The number of esters is 1. The monoisotopic (exact) mass is 606 g/mol. The number of primary amides is 1. The second kappa shape index (κ2) is 13.0. The van der Waals surface area contributed by atoms with Gasteiger partial charge in [-0.25, -0.2) is 4.79 Å². The number of hydrogen-bond donors (Lipinski definition) is 4. The van der Waals surface area contributed by atoms with Gasteiger partial charge < -0.3 is 35.9 Å². The van der Waals surface area contributed by atoms with Gasteiger partial charge in [-0.15, -0.1) is 0 Å². The van der Waals surface area contributed by atoms with Crippen molar-refractivity contribution >= 4 is 40.4 Å². The van der Waals surface area contributed by atoms with E-state index >= 15 is 0 Å². The molecule has 4 atom stereocenters. The third-order valence-electron chi connectivity index (χ3n) is 7.38. The van der Waals surface area contributed by atoms with Gasteiger partial charge in [-0.3, -0.25) is 19.2 Å². The highest BCUT2D eigenvalue weighted by atomic mass is 16.6. The van der Waals surface area contributed by atoms with E-state index in [1.807, 2.05) is 0 Å². The standard InChI is InChI=1S/C32H38N4O8/c1-31(2,3)44-29(41)22-13-9-15-36(22)28(40)26(38)21(16-19-10-5-4-6-11-19)35-30(42)32(34,18-25(33)37)27(39)24-17-20-12-7-8-14-23(20)43-24/h4-8,10-12,14,17,21-22,26,38H,9,13,15-16,18,34H2,1-3H3,(H2,33,37)(H,35,42)/t21-,22-,26?,32+/m0/s1. The first kappa shape index (κ1) is 32.4. The number of furan rings is 1. The molecular weight excluding hydrogens is 568 g/mol. The Bertz CT molecular complexity index is 1510. The number of ether oxygens (including phenoxy) is 1. The summed E-state index contributed by atoms with van der Waals surface area (Å²) < 4.78 is 11.1. The second-order valence-electron chi connectivity index (χ2n) is 12.0. The Morgan fingerprint density at radius 1 is 1.07 bits per heavy atom. The minimum absolute atomic E-state index is 0.0457. The zero-order valence-electron chi connectivity index (χ0n) is 24.9. The molecule has 3 aromatic rings. The van der Waals surface area contributed by atoms with Gasteiger partial charge in [0.25, 0.3) is 5.91 Å². The number of aliphatic hydroxyl groups is 1. The van der Waals surface area contributed by atoms with Gasteiger partial charge in [-0.1, -0.05) is 48.5 Å². The molecule has 1 aromatic heterocycles. The highest BCUT2D eigenvalue weighted by molar-refractivity contribution is 6.19. The van der Waals surface area contributed by atoms with Gasteiger partial charge >= 0.3 is 5.97 Å². The number of Topliss-reactive ketones (excluding diaryl/α,β-unsaturated/α-hetero) is 1. The van der Waals surface area contributed by atoms with Crippen LogP contribution in [0.25, 0.3) is 11.0 Å². The van der Waals surface area contributed by atoms with Crippen LogP contribution >= 0.6 is 0 Å². The number of carbonyl (C=O) groups excluding carboxylic acids is 5. The van der Waals surface area contributed by atoms with E-state index in [1.165, 1.54) is 11.0 Å². The number of nitrogens with one attached hydrogen (secondary N) is 1. The van der Waals surface area contributed by atoms with Gasteiger partial charge in [0.15, 0.2) is 17.4 Å². The van der Waals surface area contributed by atoms with E-state index in [9.17, 15) is 29.1 Å². The van der Waals surface area contributed by atoms with Gasteiger partial charge in [0.1, 0.15) is 17.2 Å². The first-order valence-electron chi connectivity index (χ1n) is 14.4. The summed E-state index contributed by atoms with van der Waals surface area (Å²) in [5.41, 5.74) is 9.45. The van der Waals surface area contributed by atoms with E-state index in [4.69, 9.17) is 20.6 Å². The summed E-state index contributed by atoms with van der Waals surface area (Å²) in [6, 6.07) is 14.7. The van der Waals surface area contributed by atoms with Crippen molar-refractivity contribution in [2.45, 2.75) is 75.8 Å². The highest BCUT2D eigenvalue weighted by Crippen LogP contribution is 2.26. The first-order chi connectivity index (χ1) is 20.7. The minimum atomic E-state index is -2.52. The molecule has 1 saturated heterocycles. The quantitative estimate of drug-likeness (QED) is 0.142. The average molecular weight is 607 g/mol. The molecule has 0 spiro atoms. The van der Waals surface area contributed by atoms with Gasteiger partial charge in [0.2, 0.25) is 17.6 Å². The molecule has 3 amide bonds. The molecule has 44 heavy (non-hydrogen) atoms. The topological polar surface area (TPSA) is 195 Å². The maximum atomic E-state index is 13.8. The molecule has 234 valence electrons. The molecule has 12 nitrogen and oxygen atoms in total. The zero-order valence-corrected chi connectivity index (χ0v) is 24.9. The lowest BCUT2D eigenvalue weighted by atomic mass is 9.87. The van der Waals surface area contributed by atoms with Gasteiger partial charge in [-0.05, 0) is 57.7 Å². The van der Waals surface area contributed by atoms with Crippen LogP contribution in [0.15, 0.2) is 65.1 Å². The lowest BCUT2D eigenvalue weighted by Crippen LogP contribution is -2.65. The summed E-state index contributed by atoms with van der Waals surface area (Å²) >= 11 is 0. The van der Waals surface area contributed by atoms with E-state index in [1.54, 1.807) is 75.4 Å². The van der Waals surface area contributed by atoms with Crippen molar-refractivity contribution in [2.24, 2.45) is 11.5 Å². The molecule has 0 saturated carbocycles. The number of rotatable bonds is 11. The summed E-state index contributed by atoms with van der Waals surface area (Å²) in [5.74, 6) is -4.84. The Balaban J connectivity index is 1.63. The summed E-state index contributed by atoms with van der Waals surface area (Å²) in [4.78, 5) is 67.2. The predicted molar refractivity (Wildman–Crippen MR) is 160 cm³/mol. The molecule has 1 aliphatic rings. The summed E-state index contributed by atoms with van der Waals surface area (Å²) in [5, 5.41) is 14.5. The van der Waals surface area contributed by atoms with E-state index in [-0.39, 0.29) is 18.7 Å². The van der Waals surface area contributed by atoms with Crippen molar-refractivity contribution in [2.75, 3.05) is 6.54 Å². The van der Waals surface area contributed by atoms with E-state index < -0.39 is 65.2 Å². The molecular formula is C32H38N4O8. The number of hydrogen-bond acceptors (Lipinski definition) is 9. The second-order valence-corrected chi connectivity index (χ2v) is 12.0. The molecule has 1 fully saturated rings. The Morgan fingerprint density at radius 3 is 2.36 bits per heavy atom. The van der Waals surface area contributed by atoms with Crippen molar-refractivity contribution in [3.8, 4) is 0 Å². The van der Waals surface area contributed by atoms with Crippen LogP contribution in [-0.2, 0) is 30.3 Å². The lowest BCUT2D eigenvalue weighted by molar-refractivity contribution is -0.165. The summed E-state index contributed by atoms with van der Waals surface area (Å²) in [6.45, 7) is 5.33. The fourth-order valence-corrected chi connectivity index (χ4v) is 5.25. The Kier molecular flexibility index (Phi) is 9.55. The Hall–Kier alpha value is -4.55. The molecule has 2 heterocycles. The smallest absolute Gasteiger partial charge is 0.329 e. The van der Waals surface area contributed by atoms with Crippen LogP contribution in [0.2, 0.25) is 0 Å². The van der Waals surface area contributed by atoms with Crippen molar-refractivity contribution in [3.63, 3.8) is 0 Å². The Labute approximate surface area is 254 Å². The van der Waals surface area contributed by atoms with Gasteiger partial charge in [-0.2, -0.15) is 0 Å². The van der Waals surface area contributed by atoms with Crippen LogP contribution in [0.3, 0.4) is 0 Å².